The fourth-order valence-electron chi connectivity index (χ4n) is 2.03. The van der Waals surface area contributed by atoms with Gasteiger partial charge in [0.15, 0.2) is 0 Å². The van der Waals surface area contributed by atoms with E-state index in [1.165, 1.54) is 4.88 Å². The lowest BCUT2D eigenvalue weighted by molar-refractivity contribution is 0.0942. The molecule has 3 nitrogen and oxygen atoms in total. The van der Waals surface area contributed by atoms with E-state index in [-0.39, 0.29) is 5.91 Å². The number of halogens is 1. The van der Waals surface area contributed by atoms with E-state index in [1.807, 2.05) is 45.8 Å². The molecule has 3 rings (SSSR count). The molecule has 0 aliphatic rings. The van der Waals surface area contributed by atoms with Gasteiger partial charge in [-0.15, -0.1) is 22.7 Å². The number of rotatable bonds is 5. The zero-order valence-electron chi connectivity index (χ0n) is 11.1. The molecule has 0 spiro atoms. The van der Waals surface area contributed by atoms with Gasteiger partial charge in [-0.25, -0.2) is 0 Å². The van der Waals surface area contributed by atoms with Crippen LogP contribution in [-0.2, 0) is 13.1 Å². The normalized spacial score (nSPS) is 10.7. The number of nitrogens with one attached hydrogen (secondary N) is 1. The molecule has 1 N–H and O–H groups in total. The van der Waals surface area contributed by atoms with Crippen LogP contribution in [0.2, 0.25) is 0 Å². The first-order valence-electron chi connectivity index (χ1n) is 6.41. The molecule has 0 aromatic carbocycles. The van der Waals surface area contributed by atoms with E-state index in [2.05, 4.69) is 27.3 Å². The second-order valence-corrected chi connectivity index (χ2v) is 7.46. The van der Waals surface area contributed by atoms with Crippen molar-refractivity contribution in [1.82, 2.24) is 9.88 Å². The van der Waals surface area contributed by atoms with Gasteiger partial charge in [0.1, 0.15) is 5.69 Å². The van der Waals surface area contributed by atoms with Gasteiger partial charge in [0.05, 0.1) is 13.1 Å². The molecule has 0 saturated heterocycles. The Morgan fingerprint density at radius 2 is 2.14 bits per heavy atom. The summed E-state index contributed by atoms with van der Waals surface area (Å²) in [6.07, 6.45) is 1.94. The molecule has 21 heavy (non-hydrogen) atoms. The Kier molecular flexibility index (Phi) is 4.57. The first kappa shape index (κ1) is 14.6. The molecule has 0 fully saturated rings. The van der Waals surface area contributed by atoms with Gasteiger partial charge in [0.2, 0.25) is 0 Å². The third kappa shape index (κ3) is 3.64. The number of hydrogen-bond acceptors (Lipinski definition) is 3. The highest BCUT2D eigenvalue weighted by atomic mass is 79.9. The largest absolute Gasteiger partial charge is 0.346 e. The van der Waals surface area contributed by atoms with Crippen molar-refractivity contribution >= 4 is 44.5 Å². The van der Waals surface area contributed by atoms with E-state index in [0.717, 1.165) is 15.9 Å². The zero-order valence-corrected chi connectivity index (χ0v) is 14.3. The molecule has 108 valence electrons. The van der Waals surface area contributed by atoms with E-state index in [4.69, 9.17) is 0 Å². The predicted molar refractivity (Wildman–Crippen MR) is 91.0 cm³/mol. The minimum absolute atomic E-state index is 0.0407. The molecule has 6 heteroatoms. The van der Waals surface area contributed by atoms with Gasteiger partial charge in [-0.3, -0.25) is 4.79 Å². The van der Waals surface area contributed by atoms with Gasteiger partial charge in [-0.1, -0.05) is 6.07 Å². The molecule has 1 amide bonds. The van der Waals surface area contributed by atoms with Crippen LogP contribution in [0.3, 0.4) is 0 Å². The van der Waals surface area contributed by atoms with E-state index in [1.54, 1.807) is 22.7 Å². The number of aromatic nitrogens is 1. The van der Waals surface area contributed by atoms with Crippen LogP contribution in [0.25, 0.3) is 0 Å². The van der Waals surface area contributed by atoms with Crippen molar-refractivity contribution in [1.29, 1.82) is 0 Å². The van der Waals surface area contributed by atoms with Gasteiger partial charge >= 0.3 is 0 Å². The Labute approximate surface area is 139 Å². The monoisotopic (exact) mass is 380 g/mol. The van der Waals surface area contributed by atoms with E-state index >= 15 is 0 Å². The van der Waals surface area contributed by atoms with Crippen LogP contribution < -0.4 is 5.32 Å². The summed E-state index contributed by atoms with van der Waals surface area (Å²) in [5, 5.41) is 7.03. The molecule has 0 aliphatic heterocycles. The molecule has 3 aromatic heterocycles. The number of nitrogens with zero attached hydrogens (tertiary/aromatic N) is 1. The minimum Gasteiger partial charge on any atom is -0.346 e. The summed E-state index contributed by atoms with van der Waals surface area (Å²) in [7, 11) is 0. The van der Waals surface area contributed by atoms with Crippen molar-refractivity contribution in [2.24, 2.45) is 0 Å². The summed E-state index contributed by atoms with van der Waals surface area (Å²) < 4.78 is 3.03. The van der Waals surface area contributed by atoms with Crippen LogP contribution in [0, 0.1) is 0 Å². The van der Waals surface area contributed by atoms with Crippen molar-refractivity contribution in [3.63, 3.8) is 0 Å². The smallest absolute Gasteiger partial charge is 0.268 e. The summed E-state index contributed by atoms with van der Waals surface area (Å²) in [5.74, 6) is -0.0407. The van der Waals surface area contributed by atoms with Gasteiger partial charge in [0, 0.05) is 25.8 Å². The van der Waals surface area contributed by atoms with Crippen molar-refractivity contribution in [2.45, 2.75) is 13.1 Å². The molecule has 0 atom stereocenters. The average molecular weight is 381 g/mol. The highest BCUT2D eigenvalue weighted by Crippen LogP contribution is 2.19. The van der Waals surface area contributed by atoms with Gasteiger partial charge in [-0.2, -0.15) is 0 Å². The van der Waals surface area contributed by atoms with Crippen LogP contribution in [-0.4, -0.2) is 10.5 Å². The van der Waals surface area contributed by atoms with Crippen molar-refractivity contribution in [3.05, 3.63) is 67.2 Å². The third-order valence-corrected chi connectivity index (χ3v) is 5.57. The standard InChI is InChI=1S/C15H13BrN2OS2/c16-11-7-13(21-10-11)8-17-15(19)14-4-1-5-18(14)9-12-3-2-6-20-12/h1-7,10H,8-9H2,(H,17,19). The number of carbonyl (C=O) groups is 1. The number of amides is 1. The quantitative estimate of drug-likeness (QED) is 0.701. The molecule has 3 aromatic rings. The first-order valence-corrected chi connectivity index (χ1v) is 8.96. The Morgan fingerprint density at radius 3 is 2.86 bits per heavy atom. The Morgan fingerprint density at radius 1 is 1.24 bits per heavy atom. The maximum absolute atomic E-state index is 12.3. The van der Waals surface area contributed by atoms with Crippen LogP contribution >= 0.6 is 38.6 Å². The number of carbonyl (C=O) groups excluding carboxylic acids is 1. The maximum Gasteiger partial charge on any atom is 0.268 e. The van der Waals surface area contributed by atoms with Crippen molar-refractivity contribution in [3.8, 4) is 0 Å². The van der Waals surface area contributed by atoms with Gasteiger partial charge in [-0.05, 0) is 45.6 Å². The van der Waals surface area contributed by atoms with Crippen LogP contribution in [0.15, 0.2) is 51.8 Å². The van der Waals surface area contributed by atoms with Crippen molar-refractivity contribution < 1.29 is 4.79 Å². The molecule has 0 unspecified atom stereocenters. The van der Waals surface area contributed by atoms with Crippen LogP contribution in [0.1, 0.15) is 20.2 Å². The van der Waals surface area contributed by atoms with E-state index in [9.17, 15) is 4.79 Å². The second-order valence-electron chi connectivity index (χ2n) is 4.51. The van der Waals surface area contributed by atoms with Crippen LogP contribution in [0.4, 0.5) is 0 Å². The first-order chi connectivity index (χ1) is 10.2. The lowest BCUT2D eigenvalue weighted by atomic mass is 10.3. The summed E-state index contributed by atoms with van der Waals surface area (Å²) in [6.45, 7) is 1.29. The van der Waals surface area contributed by atoms with Gasteiger partial charge < -0.3 is 9.88 Å². The summed E-state index contributed by atoms with van der Waals surface area (Å²) in [6, 6.07) is 9.89. The summed E-state index contributed by atoms with van der Waals surface area (Å²) in [5.41, 5.74) is 0.694. The number of hydrogen-bond donors (Lipinski definition) is 1. The molecule has 0 bridgehead atoms. The molecule has 0 aliphatic carbocycles. The Bertz CT molecular complexity index is 731. The number of thiophene rings is 2. The molecular weight excluding hydrogens is 368 g/mol. The lowest BCUT2D eigenvalue weighted by Crippen LogP contribution is -2.25. The van der Waals surface area contributed by atoms with E-state index < -0.39 is 0 Å². The fourth-order valence-corrected chi connectivity index (χ4v) is 4.13. The zero-order chi connectivity index (χ0) is 14.7. The molecule has 0 saturated carbocycles. The predicted octanol–water partition coefficient (Wildman–Crippen LogP) is 4.35. The third-order valence-electron chi connectivity index (χ3n) is 3.01. The Hall–Kier alpha value is -1.37. The second kappa shape index (κ2) is 6.60. The van der Waals surface area contributed by atoms with Crippen molar-refractivity contribution in [2.75, 3.05) is 0 Å². The molecule has 3 heterocycles. The highest BCUT2D eigenvalue weighted by Gasteiger charge is 2.11. The average Bonchev–Trinajstić information content (AvgIpc) is 3.19. The topological polar surface area (TPSA) is 34.0 Å². The highest BCUT2D eigenvalue weighted by molar-refractivity contribution is 9.10. The summed E-state index contributed by atoms with van der Waals surface area (Å²) in [4.78, 5) is 14.7. The Balaban J connectivity index is 1.66. The van der Waals surface area contributed by atoms with Crippen LogP contribution in [0.5, 0.6) is 0 Å². The minimum atomic E-state index is -0.0407. The van der Waals surface area contributed by atoms with Gasteiger partial charge in [0.25, 0.3) is 5.91 Å². The lowest BCUT2D eigenvalue weighted by Gasteiger charge is -2.08. The fraction of sp³-hybridized carbons (Fsp3) is 0.133. The maximum atomic E-state index is 12.3. The molecule has 0 radical (unpaired) electrons. The SMILES string of the molecule is O=C(NCc1cc(Br)cs1)c1cccn1Cc1cccs1. The van der Waals surface area contributed by atoms with E-state index in [0.29, 0.717) is 12.2 Å². The summed E-state index contributed by atoms with van der Waals surface area (Å²) >= 11 is 6.75. The molecular formula is C15H13BrN2OS2.